The molecule has 0 unspecified atom stereocenters. The molecule has 0 saturated carbocycles. The van der Waals surface area contributed by atoms with Crippen LogP contribution in [0.4, 0.5) is 8.78 Å². The van der Waals surface area contributed by atoms with E-state index in [1.165, 1.54) is 12.1 Å². The number of Topliss-reactive ketones (excluding diaryl/α,β-unsaturated/α-hetero) is 2. The van der Waals surface area contributed by atoms with Gasteiger partial charge in [-0.05, 0) is 6.07 Å². The van der Waals surface area contributed by atoms with Crippen LogP contribution in [0.2, 0.25) is 0 Å². The molecule has 0 N–H and O–H groups in total. The van der Waals surface area contributed by atoms with Crippen molar-refractivity contribution < 1.29 is 18.4 Å². The topological polar surface area (TPSA) is 34.1 Å². The molecule has 19 heavy (non-hydrogen) atoms. The van der Waals surface area contributed by atoms with Gasteiger partial charge in [0.1, 0.15) is 17.6 Å². The summed E-state index contributed by atoms with van der Waals surface area (Å²) >= 11 is 0. The number of carbonyl (C=O) groups excluding carboxylic acids is 2. The van der Waals surface area contributed by atoms with Crippen LogP contribution in [0.25, 0.3) is 0 Å². The molecule has 94 valence electrons. The molecule has 0 aromatic heterocycles. The number of rotatable bonds is 1. The highest BCUT2D eigenvalue weighted by molar-refractivity contribution is 6.29. The van der Waals surface area contributed by atoms with Crippen LogP contribution >= 0.6 is 0 Å². The molecule has 1 aliphatic carbocycles. The van der Waals surface area contributed by atoms with Crippen LogP contribution in [-0.2, 0) is 0 Å². The summed E-state index contributed by atoms with van der Waals surface area (Å²) in [5.41, 5.74) is 0.509. The minimum absolute atomic E-state index is 0.0763. The molecule has 3 rings (SSSR count). The fourth-order valence-electron chi connectivity index (χ4n) is 2.36. The summed E-state index contributed by atoms with van der Waals surface area (Å²) in [7, 11) is 0. The highest BCUT2D eigenvalue weighted by Gasteiger charge is 2.40. The van der Waals surface area contributed by atoms with Crippen molar-refractivity contribution in [3.8, 4) is 0 Å². The Labute approximate surface area is 107 Å². The Morgan fingerprint density at radius 1 is 0.842 bits per heavy atom. The highest BCUT2D eigenvalue weighted by Crippen LogP contribution is 2.35. The summed E-state index contributed by atoms with van der Waals surface area (Å²) in [6, 6.07) is 9.24. The lowest BCUT2D eigenvalue weighted by molar-refractivity contribution is 0.0887. The molecule has 2 aromatic rings. The van der Waals surface area contributed by atoms with Gasteiger partial charge in [0.15, 0.2) is 11.6 Å². The third-order valence-electron chi connectivity index (χ3n) is 3.26. The zero-order chi connectivity index (χ0) is 13.6. The molecule has 0 aliphatic heterocycles. The molecule has 2 nitrogen and oxygen atoms in total. The molecule has 0 spiro atoms. The molecule has 0 saturated heterocycles. The van der Waals surface area contributed by atoms with Crippen molar-refractivity contribution in [2.45, 2.75) is 5.92 Å². The minimum atomic E-state index is -1.20. The zero-order valence-corrected chi connectivity index (χ0v) is 9.69. The maximum Gasteiger partial charge on any atom is 0.178 e. The molecule has 0 radical (unpaired) electrons. The van der Waals surface area contributed by atoms with Gasteiger partial charge in [0.2, 0.25) is 0 Å². The lowest BCUT2D eigenvalue weighted by atomic mass is 9.94. The van der Waals surface area contributed by atoms with Gasteiger partial charge in [0, 0.05) is 22.8 Å². The number of hydrogen-bond acceptors (Lipinski definition) is 2. The van der Waals surface area contributed by atoms with E-state index < -0.39 is 29.1 Å². The van der Waals surface area contributed by atoms with E-state index in [0.717, 1.165) is 12.1 Å². The third kappa shape index (κ3) is 1.68. The average Bonchev–Trinajstić information content (AvgIpc) is 2.64. The summed E-state index contributed by atoms with van der Waals surface area (Å²) in [4.78, 5) is 24.3. The molecular weight excluding hydrogens is 250 g/mol. The molecule has 4 heteroatoms. The number of carbonyl (C=O) groups is 2. The molecule has 0 amide bonds. The van der Waals surface area contributed by atoms with Crippen molar-refractivity contribution in [3.63, 3.8) is 0 Å². The average molecular weight is 258 g/mol. The van der Waals surface area contributed by atoms with E-state index in [-0.39, 0.29) is 5.56 Å². The molecule has 0 bridgehead atoms. The Morgan fingerprint density at radius 3 is 1.95 bits per heavy atom. The van der Waals surface area contributed by atoms with Gasteiger partial charge in [0.25, 0.3) is 0 Å². The number of benzene rings is 2. The summed E-state index contributed by atoms with van der Waals surface area (Å²) < 4.78 is 26.6. The summed E-state index contributed by atoms with van der Waals surface area (Å²) in [5, 5.41) is 0. The van der Waals surface area contributed by atoms with Crippen LogP contribution in [0, 0.1) is 11.6 Å². The monoisotopic (exact) mass is 258 g/mol. The molecule has 0 atom stereocenters. The van der Waals surface area contributed by atoms with Crippen LogP contribution < -0.4 is 0 Å². The quantitative estimate of drug-likeness (QED) is 0.736. The van der Waals surface area contributed by atoms with Gasteiger partial charge in [0.05, 0.1) is 0 Å². The van der Waals surface area contributed by atoms with Crippen molar-refractivity contribution in [2.24, 2.45) is 0 Å². The van der Waals surface area contributed by atoms with Crippen LogP contribution in [0.1, 0.15) is 32.2 Å². The van der Waals surface area contributed by atoms with E-state index in [4.69, 9.17) is 0 Å². The highest BCUT2D eigenvalue weighted by atomic mass is 19.1. The van der Waals surface area contributed by atoms with Crippen molar-refractivity contribution >= 4 is 11.6 Å². The maximum absolute atomic E-state index is 13.7. The van der Waals surface area contributed by atoms with Crippen molar-refractivity contribution in [1.29, 1.82) is 0 Å². The predicted molar refractivity (Wildman–Crippen MR) is 64.2 cm³/mol. The largest absolute Gasteiger partial charge is 0.293 e. The number of hydrogen-bond donors (Lipinski definition) is 0. The molecule has 0 fully saturated rings. The van der Waals surface area contributed by atoms with Crippen molar-refractivity contribution in [1.82, 2.24) is 0 Å². The summed E-state index contributed by atoms with van der Waals surface area (Å²) in [6.45, 7) is 0. The van der Waals surface area contributed by atoms with Gasteiger partial charge >= 0.3 is 0 Å². The van der Waals surface area contributed by atoms with Crippen molar-refractivity contribution in [2.75, 3.05) is 0 Å². The fourth-order valence-corrected chi connectivity index (χ4v) is 2.36. The second-order valence-corrected chi connectivity index (χ2v) is 4.37. The van der Waals surface area contributed by atoms with Crippen LogP contribution in [-0.4, -0.2) is 11.6 Å². The summed E-state index contributed by atoms with van der Waals surface area (Å²) in [6.07, 6.45) is 0. The minimum Gasteiger partial charge on any atom is -0.293 e. The summed E-state index contributed by atoms with van der Waals surface area (Å²) in [5.74, 6) is -3.69. The van der Waals surface area contributed by atoms with Gasteiger partial charge in [-0.2, -0.15) is 0 Å². The van der Waals surface area contributed by atoms with Gasteiger partial charge in [-0.1, -0.05) is 30.3 Å². The Bertz CT molecular complexity index is 672. The fraction of sp³-hybridized carbons (Fsp3) is 0.0667. The van der Waals surface area contributed by atoms with Crippen LogP contribution in [0.5, 0.6) is 0 Å². The van der Waals surface area contributed by atoms with Crippen LogP contribution in [0.15, 0.2) is 42.5 Å². The Balaban J connectivity index is 2.14. The number of ketones is 2. The lowest BCUT2D eigenvalue weighted by Crippen LogP contribution is -2.14. The molecule has 1 aliphatic rings. The van der Waals surface area contributed by atoms with E-state index in [2.05, 4.69) is 0 Å². The lowest BCUT2D eigenvalue weighted by Gasteiger charge is -2.08. The second-order valence-electron chi connectivity index (χ2n) is 4.37. The standard InChI is InChI=1S/C15H8F2O2/c16-8-5-6-11(12(17)7-8)13-14(18)9-3-1-2-4-10(9)15(13)19/h1-7,13H. The Hall–Kier alpha value is -2.36. The number of halogens is 2. The smallest absolute Gasteiger partial charge is 0.178 e. The maximum atomic E-state index is 13.7. The first-order valence-electron chi connectivity index (χ1n) is 5.72. The predicted octanol–water partition coefficient (Wildman–Crippen LogP) is 3.13. The van der Waals surface area contributed by atoms with E-state index in [1.807, 2.05) is 0 Å². The Kier molecular flexibility index (Phi) is 2.52. The zero-order valence-electron chi connectivity index (χ0n) is 9.69. The Morgan fingerprint density at radius 2 is 1.42 bits per heavy atom. The van der Waals surface area contributed by atoms with Crippen LogP contribution in [0.3, 0.4) is 0 Å². The third-order valence-corrected chi connectivity index (χ3v) is 3.26. The molecular formula is C15H8F2O2. The van der Waals surface area contributed by atoms with E-state index in [1.54, 1.807) is 12.1 Å². The van der Waals surface area contributed by atoms with E-state index in [9.17, 15) is 18.4 Å². The second kappa shape index (κ2) is 4.09. The first-order valence-corrected chi connectivity index (χ1v) is 5.72. The van der Waals surface area contributed by atoms with E-state index >= 15 is 0 Å². The van der Waals surface area contributed by atoms with Gasteiger partial charge in [-0.3, -0.25) is 9.59 Å². The van der Waals surface area contributed by atoms with E-state index in [0.29, 0.717) is 17.2 Å². The first kappa shape index (κ1) is 11.7. The molecule has 2 aromatic carbocycles. The van der Waals surface area contributed by atoms with Gasteiger partial charge < -0.3 is 0 Å². The van der Waals surface area contributed by atoms with Gasteiger partial charge in [-0.15, -0.1) is 0 Å². The SMILES string of the molecule is O=C1c2ccccc2C(=O)C1c1ccc(F)cc1F. The normalized spacial score (nSPS) is 14.8. The molecule has 0 heterocycles. The first-order chi connectivity index (χ1) is 9.09. The number of fused-ring (bicyclic) bond motifs is 1. The van der Waals surface area contributed by atoms with Gasteiger partial charge in [-0.25, -0.2) is 8.78 Å². The van der Waals surface area contributed by atoms with Crippen molar-refractivity contribution in [3.05, 3.63) is 70.8 Å².